The Balaban J connectivity index is 1.25. The average Bonchev–Trinajstić information content (AvgIpc) is 3.20. The second-order valence-electron chi connectivity index (χ2n) is 9.59. The van der Waals surface area contributed by atoms with Crippen molar-refractivity contribution in [2.75, 3.05) is 32.8 Å². The predicted molar refractivity (Wildman–Crippen MR) is 121 cm³/mol. The van der Waals surface area contributed by atoms with Crippen molar-refractivity contribution in [3.05, 3.63) is 41.5 Å². The molecule has 1 atom stereocenters. The molecule has 2 aliphatic heterocycles. The number of nitrogens with one attached hydrogen (secondary N) is 1. The molecular formula is C23H31FN6O4. The number of benzene rings is 1. The molecule has 2 aromatic rings. The third-order valence-electron chi connectivity index (χ3n) is 5.65. The highest BCUT2D eigenvalue weighted by Crippen LogP contribution is 2.32. The van der Waals surface area contributed by atoms with Crippen LogP contribution in [0, 0.1) is 5.82 Å². The molecule has 1 aromatic heterocycles. The number of fused-ring (bicyclic) bond motifs is 1. The third-order valence-corrected chi connectivity index (χ3v) is 5.65. The Morgan fingerprint density at radius 2 is 2.00 bits per heavy atom. The van der Waals surface area contributed by atoms with Gasteiger partial charge in [-0.05, 0) is 39.0 Å². The van der Waals surface area contributed by atoms with Gasteiger partial charge >= 0.3 is 6.09 Å². The van der Waals surface area contributed by atoms with Gasteiger partial charge in [-0.25, -0.2) is 13.9 Å². The first-order valence-corrected chi connectivity index (χ1v) is 11.5. The molecule has 2 amide bonds. The van der Waals surface area contributed by atoms with Crippen LogP contribution in [0.5, 0.6) is 5.75 Å². The maximum Gasteiger partial charge on any atom is 0.410 e. The molecule has 3 heterocycles. The Bertz CT molecular complexity index is 1030. The number of amides is 2. The van der Waals surface area contributed by atoms with E-state index >= 15 is 0 Å². The van der Waals surface area contributed by atoms with Gasteiger partial charge < -0.3 is 19.7 Å². The van der Waals surface area contributed by atoms with Crippen molar-refractivity contribution < 1.29 is 23.5 Å². The SMILES string of the molecule is CC(C)(C)OC(=O)N1CCN(Cc2cn(CC(=O)NC3CCOc4ccc(F)cc43)nn2)CC1. The van der Waals surface area contributed by atoms with Gasteiger partial charge in [0.2, 0.25) is 5.91 Å². The number of carbonyl (C=O) groups excluding carboxylic acids is 2. The number of hydrogen-bond acceptors (Lipinski definition) is 7. The largest absolute Gasteiger partial charge is 0.493 e. The first-order valence-electron chi connectivity index (χ1n) is 11.5. The summed E-state index contributed by atoms with van der Waals surface area (Å²) in [6.45, 7) is 9.18. The lowest BCUT2D eigenvalue weighted by molar-refractivity contribution is -0.122. The summed E-state index contributed by atoms with van der Waals surface area (Å²) in [5, 5.41) is 11.2. The summed E-state index contributed by atoms with van der Waals surface area (Å²) in [7, 11) is 0. The molecule has 4 rings (SSSR count). The normalized spacial score (nSPS) is 18.7. The summed E-state index contributed by atoms with van der Waals surface area (Å²) in [5.41, 5.74) is 0.880. The summed E-state index contributed by atoms with van der Waals surface area (Å²) in [6.07, 6.45) is 2.02. The molecule has 0 radical (unpaired) electrons. The van der Waals surface area contributed by atoms with Crippen molar-refractivity contribution in [2.24, 2.45) is 0 Å². The summed E-state index contributed by atoms with van der Waals surface area (Å²) >= 11 is 0. The van der Waals surface area contributed by atoms with Gasteiger partial charge in [0.1, 0.15) is 23.7 Å². The van der Waals surface area contributed by atoms with E-state index in [0.29, 0.717) is 57.1 Å². The lowest BCUT2D eigenvalue weighted by atomic mass is 10.0. The molecule has 1 unspecified atom stereocenters. The number of aromatic nitrogens is 3. The number of carbonyl (C=O) groups is 2. The van der Waals surface area contributed by atoms with E-state index in [-0.39, 0.29) is 30.4 Å². The van der Waals surface area contributed by atoms with Crippen LogP contribution in [0.1, 0.15) is 44.5 Å². The van der Waals surface area contributed by atoms with Gasteiger partial charge in [0.25, 0.3) is 0 Å². The van der Waals surface area contributed by atoms with E-state index in [1.807, 2.05) is 20.8 Å². The van der Waals surface area contributed by atoms with Crippen molar-refractivity contribution in [3.63, 3.8) is 0 Å². The summed E-state index contributed by atoms with van der Waals surface area (Å²) in [5.74, 6) is -0.00589. The Morgan fingerprint density at radius 3 is 2.74 bits per heavy atom. The molecule has 10 nitrogen and oxygen atoms in total. The highest BCUT2D eigenvalue weighted by molar-refractivity contribution is 5.76. The average molecular weight is 475 g/mol. The summed E-state index contributed by atoms with van der Waals surface area (Å²) in [6, 6.07) is 4.02. The van der Waals surface area contributed by atoms with Crippen molar-refractivity contribution >= 4 is 12.0 Å². The highest BCUT2D eigenvalue weighted by Gasteiger charge is 2.27. The molecule has 0 bridgehead atoms. The first-order chi connectivity index (χ1) is 16.2. The van der Waals surface area contributed by atoms with Crippen LogP contribution < -0.4 is 10.1 Å². The van der Waals surface area contributed by atoms with E-state index in [4.69, 9.17) is 9.47 Å². The van der Waals surface area contributed by atoms with Crippen LogP contribution in [-0.2, 0) is 22.6 Å². The number of piperazine rings is 1. The number of nitrogens with zero attached hydrogens (tertiary/aromatic N) is 5. The van der Waals surface area contributed by atoms with Gasteiger partial charge in [-0.15, -0.1) is 5.10 Å². The van der Waals surface area contributed by atoms with Crippen molar-refractivity contribution in [2.45, 2.75) is 51.9 Å². The van der Waals surface area contributed by atoms with E-state index in [1.165, 1.54) is 16.8 Å². The highest BCUT2D eigenvalue weighted by atomic mass is 19.1. The zero-order valence-electron chi connectivity index (χ0n) is 19.8. The van der Waals surface area contributed by atoms with E-state index in [2.05, 4.69) is 20.5 Å². The molecular weight excluding hydrogens is 443 g/mol. The van der Waals surface area contributed by atoms with Crippen LogP contribution in [0.3, 0.4) is 0 Å². The molecule has 34 heavy (non-hydrogen) atoms. The van der Waals surface area contributed by atoms with Crippen LogP contribution in [-0.4, -0.2) is 75.2 Å². The van der Waals surface area contributed by atoms with Crippen LogP contribution in [0.15, 0.2) is 24.4 Å². The molecule has 1 fully saturated rings. The maximum atomic E-state index is 13.7. The summed E-state index contributed by atoms with van der Waals surface area (Å²) in [4.78, 5) is 28.7. The second kappa shape index (κ2) is 9.96. The fraction of sp³-hybridized carbons (Fsp3) is 0.565. The molecule has 1 aromatic carbocycles. The van der Waals surface area contributed by atoms with Crippen molar-refractivity contribution in [1.82, 2.24) is 30.1 Å². The second-order valence-corrected chi connectivity index (χ2v) is 9.59. The minimum atomic E-state index is -0.511. The number of rotatable bonds is 5. The topological polar surface area (TPSA) is 102 Å². The lowest BCUT2D eigenvalue weighted by Gasteiger charge is -2.35. The van der Waals surface area contributed by atoms with E-state index in [1.54, 1.807) is 17.2 Å². The van der Waals surface area contributed by atoms with Crippen molar-refractivity contribution in [1.29, 1.82) is 0 Å². The van der Waals surface area contributed by atoms with Crippen LogP contribution in [0.25, 0.3) is 0 Å². The smallest absolute Gasteiger partial charge is 0.410 e. The molecule has 2 aliphatic rings. The number of halogens is 1. The number of ether oxygens (including phenoxy) is 2. The van der Waals surface area contributed by atoms with Gasteiger partial charge in [0.15, 0.2) is 0 Å². The van der Waals surface area contributed by atoms with Crippen molar-refractivity contribution in [3.8, 4) is 5.75 Å². The fourth-order valence-corrected chi connectivity index (χ4v) is 4.03. The standard InChI is InChI=1S/C23H31FN6O4/c1-23(2,3)34-22(32)29-9-7-28(8-10-29)13-17-14-30(27-26-17)15-21(31)25-19-6-11-33-20-5-4-16(24)12-18(19)20/h4-5,12,14,19H,6-11,13,15H2,1-3H3,(H,25,31). The molecule has 11 heteroatoms. The monoisotopic (exact) mass is 474 g/mol. The quantitative estimate of drug-likeness (QED) is 0.708. The van der Waals surface area contributed by atoms with Crippen LogP contribution in [0.4, 0.5) is 9.18 Å². The molecule has 0 spiro atoms. The Kier molecular flexibility index (Phi) is 7.01. The van der Waals surface area contributed by atoms with Gasteiger partial charge in [0, 0.05) is 44.7 Å². The lowest BCUT2D eigenvalue weighted by Crippen LogP contribution is -2.49. The minimum absolute atomic E-state index is 0.0153. The zero-order valence-corrected chi connectivity index (χ0v) is 19.8. The van der Waals surface area contributed by atoms with Gasteiger partial charge in [-0.3, -0.25) is 9.69 Å². The molecule has 184 valence electrons. The van der Waals surface area contributed by atoms with Crippen LogP contribution >= 0.6 is 0 Å². The minimum Gasteiger partial charge on any atom is -0.493 e. The zero-order chi connectivity index (χ0) is 24.3. The predicted octanol–water partition coefficient (Wildman–Crippen LogP) is 2.11. The molecule has 0 aliphatic carbocycles. The van der Waals surface area contributed by atoms with Gasteiger partial charge in [-0.2, -0.15) is 0 Å². The van der Waals surface area contributed by atoms with Gasteiger partial charge in [0.05, 0.1) is 24.5 Å². The van der Waals surface area contributed by atoms with Crippen LogP contribution in [0.2, 0.25) is 0 Å². The fourth-order valence-electron chi connectivity index (χ4n) is 4.03. The Labute approximate surface area is 198 Å². The third kappa shape index (κ3) is 6.22. The maximum absolute atomic E-state index is 13.7. The van der Waals surface area contributed by atoms with E-state index in [0.717, 1.165) is 5.69 Å². The summed E-state index contributed by atoms with van der Waals surface area (Å²) < 4.78 is 26.1. The van der Waals surface area contributed by atoms with E-state index in [9.17, 15) is 14.0 Å². The van der Waals surface area contributed by atoms with E-state index < -0.39 is 5.60 Å². The van der Waals surface area contributed by atoms with Gasteiger partial charge in [-0.1, -0.05) is 5.21 Å². The number of hydrogen-bond donors (Lipinski definition) is 1. The first kappa shape index (κ1) is 23.9. The Morgan fingerprint density at radius 1 is 1.24 bits per heavy atom. The molecule has 0 saturated carbocycles. The molecule has 1 saturated heterocycles. The molecule has 1 N–H and O–H groups in total. The Hall–Kier alpha value is -3.21.